The first-order valence-corrected chi connectivity index (χ1v) is 7.66. The van der Waals surface area contributed by atoms with Crippen LogP contribution < -0.4 is 5.73 Å². The number of halogens is 1. The van der Waals surface area contributed by atoms with E-state index in [1.54, 1.807) is 6.92 Å². The van der Waals surface area contributed by atoms with Crippen LogP contribution in [0, 0.1) is 5.82 Å². The highest BCUT2D eigenvalue weighted by Crippen LogP contribution is 2.34. The van der Waals surface area contributed by atoms with Crippen LogP contribution in [0.25, 0.3) is 11.3 Å². The van der Waals surface area contributed by atoms with Crippen molar-refractivity contribution in [2.24, 2.45) is 0 Å². The molecule has 2 rings (SSSR count). The molecule has 0 fully saturated rings. The van der Waals surface area contributed by atoms with Crippen molar-refractivity contribution in [3.63, 3.8) is 0 Å². The van der Waals surface area contributed by atoms with Crippen LogP contribution in [0.4, 0.5) is 9.52 Å². The lowest BCUT2D eigenvalue weighted by molar-refractivity contribution is 0.599. The number of hydrogen-bond acceptors (Lipinski definition) is 5. The molecule has 18 heavy (non-hydrogen) atoms. The monoisotopic (exact) mass is 286 g/mol. The van der Waals surface area contributed by atoms with Crippen LogP contribution in [-0.2, 0) is 9.84 Å². The van der Waals surface area contributed by atoms with Gasteiger partial charge in [-0.1, -0.05) is 18.3 Å². The van der Waals surface area contributed by atoms with E-state index in [-0.39, 0.29) is 20.9 Å². The Morgan fingerprint density at radius 1 is 1.33 bits per heavy atom. The first-order valence-electron chi connectivity index (χ1n) is 5.19. The van der Waals surface area contributed by atoms with E-state index in [2.05, 4.69) is 4.98 Å². The van der Waals surface area contributed by atoms with Gasteiger partial charge in [-0.3, -0.25) is 0 Å². The van der Waals surface area contributed by atoms with E-state index in [0.717, 1.165) is 11.3 Å². The van der Waals surface area contributed by atoms with E-state index in [1.165, 1.54) is 24.3 Å². The topological polar surface area (TPSA) is 73.0 Å². The molecular formula is C11H11FN2O2S2. The third-order valence-electron chi connectivity index (χ3n) is 2.39. The van der Waals surface area contributed by atoms with Crippen molar-refractivity contribution in [1.82, 2.24) is 4.98 Å². The highest BCUT2D eigenvalue weighted by Gasteiger charge is 2.22. The van der Waals surface area contributed by atoms with Crippen molar-refractivity contribution in [2.45, 2.75) is 11.1 Å². The Labute approximate surface area is 108 Å². The molecule has 0 saturated heterocycles. The van der Waals surface area contributed by atoms with Gasteiger partial charge in [0.15, 0.2) is 15.0 Å². The second-order valence-electron chi connectivity index (χ2n) is 3.60. The molecule has 0 saturated carbocycles. The quantitative estimate of drug-likeness (QED) is 0.939. The Balaban J connectivity index is 2.62. The molecule has 2 N–H and O–H groups in total. The van der Waals surface area contributed by atoms with Crippen molar-refractivity contribution >= 4 is 26.3 Å². The fourth-order valence-electron chi connectivity index (χ4n) is 1.45. The summed E-state index contributed by atoms with van der Waals surface area (Å²) in [5, 5.41) is 0.182. The summed E-state index contributed by atoms with van der Waals surface area (Å²) < 4.78 is 36.8. The highest BCUT2D eigenvalue weighted by atomic mass is 32.2. The van der Waals surface area contributed by atoms with Crippen molar-refractivity contribution < 1.29 is 12.8 Å². The molecule has 1 aromatic carbocycles. The van der Waals surface area contributed by atoms with Crippen LogP contribution in [0.1, 0.15) is 6.92 Å². The normalized spacial score (nSPS) is 11.7. The number of anilines is 1. The van der Waals surface area contributed by atoms with Crippen LogP contribution in [-0.4, -0.2) is 19.2 Å². The third-order valence-corrected chi connectivity index (χ3v) is 5.60. The molecule has 0 aliphatic heterocycles. The van der Waals surface area contributed by atoms with Gasteiger partial charge in [-0.2, -0.15) is 0 Å². The molecule has 1 heterocycles. The maximum absolute atomic E-state index is 12.8. The summed E-state index contributed by atoms with van der Waals surface area (Å²) >= 11 is 0.930. The number of sulfone groups is 1. The van der Waals surface area contributed by atoms with E-state index in [9.17, 15) is 12.8 Å². The first kappa shape index (κ1) is 13.0. The van der Waals surface area contributed by atoms with E-state index in [4.69, 9.17) is 5.73 Å². The summed E-state index contributed by atoms with van der Waals surface area (Å²) in [6, 6.07) is 5.48. The van der Waals surface area contributed by atoms with Gasteiger partial charge in [0.2, 0.25) is 0 Å². The SMILES string of the molecule is CCS(=O)(=O)c1sc(N)nc1-c1ccc(F)cc1. The minimum Gasteiger partial charge on any atom is -0.375 e. The zero-order valence-corrected chi connectivity index (χ0v) is 11.2. The number of hydrogen-bond donors (Lipinski definition) is 1. The molecule has 7 heteroatoms. The zero-order chi connectivity index (χ0) is 13.3. The molecule has 0 aliphatic rings. The lowest BCUT2D eigenvalue weighted by Crippen LogP contribution is -2.03. The predicted octanol–water partition coefficient (Wildman–Crippen LogP) is 2.33. The number of aromatic nitrogens is 1. The highest BCUT2D eigenvalue weighted by molar-refractivity contribution is 7.93. The van der Waals surface area contributed by atoms with E-state index in [1.807, 2.05) is 0 Å². The van der Waals surface area contributed by atoms with Gasteiger partial charge in [0.25, 0.3) is 0 Å². The summed E-state index contributed by atoms with van der Waals surface area (Å²) in [4.78, 5) is 4.02. The lowest BCUT2D eigenvalue weighted by Gasteiger charge is -2.02. The van der Waals surface area contributed by atoms with Gasteiger partial charge in [0, 0.05) is 5.56 Å². The van der Waals surface area contributed by atoms with Gasteiger partial charge in [0.1, 0.15) is 15.7 Å². The fourth-order valence-corrected chi connectivity index (χ4v) is 3.88. The summed E-state index contributed by atoms with van der Waals surface area (Å²) in [5.74, 6) is -0.412. The van der Waals surface area contributed by atoms with Crippen LogP contribution >= 0.6 is 11.3 Å². The minimum atomic E-state index is -3.38. The second kappa shape index (κ2) is 4.66. The van der Waals surface area contributed by atoms with E-state index >= 15 is 0 Å². The van der Waals surface area contributed by atoms with Crippen molar-refractivity contribution in [1.29, 1.82) is 0 Å². The Kier molecular flexibility index (Phi) is 3.36. The first-order chi connectivity index (χ1) is 8.44. The maximum atomic E-state index is 12.8. The maximum Gasteiger partial charge on any atom is 0.189 e. The van der Waals surface area contributed by atoms with Gasteiger partial charge < -0.3 is 5.73 Å². The minimum absolute atomic E-state index is 0.0250. The lowest BCUT2D eigenvalue weighted by atomic mass is 10.2. The Morgan fingerprint density at radius 3 is 2.50 bits per heavy atom. The summed E-state index contributed by atoms with van der Waals surface area (Å²) in [6.45, 7) is 1.56. The molecule has 2 aromatic rings. The van der Waals surface area contributed by atoms with Gasteiger partial charge in [-0.25, -0.2) is 17.8 Å². The number of nitrogen functional groups attached to an aromatic ring is 1. The molecular weight excluding hydrogens is 275 g/mol. The van der Waals surface area contributed by atoms with Crippen LogP contribution in [0.2, 0.25) is 0 Å². The second-order valence-corrected chi connectivity index (χ2v) is 7.10. The van der Waals surface area contributed by atoms with Gasteiger partial charge in [-0.05, 0) is 24.3 Å². The third kappa shape index (κ3) is 2.37. The molecule has 0 unspecified atom stereocenters. The summed E-state index contributed by atoms with van der Waals surface area (Å²) in [5.41, 5.74) is 6.40. The smallest absolute Gasteiger partial charge is 0.189 e. The predicted molar refractivity (Wildman–Crippen MR) is 69.6 cm³/mol. The standard InChI is InChI=1S/C11H11FN2O2S2/c1-2-18(15,16)10-9(14-11(13)17-10)7-3-5-8(12)6-4-7/h3-6H,2H2,1H3,(H2,13,14). The van der Waals surface area contributed by atoms with Crippen molar-refractivity contribution in [2.75, 3.05) is 11.5 Å². The Morgan fingerprint density at radius 2 is 1.94 bits per heavy atom. The fraction of sp³-hybridized carbons (Fsp3) is 0.182. The van der Waals surface area contributed by atoms with Crippen LogP contribution in [0.5, 0.6) is 0 Å². The zero-order valence-electron chi connectivity index (χ0n) is 9.55. The molecule has 0 radical (unpaired) electrons. The molecule has 0 amide bonds. The largest absolute Gasteiger partial charge is 0.375 e. The molecule has 0 atom stereocenters. The summed E-state index contributed by atoms with van der Waals surface area (Å²) in [6.07, 6.45) is 0. The van der Waals surface area contributed by atoms with Crippen molar-refractivity contribution in [3.05, 3.63) is 30.1 Å². The van der Waals surface area contributed by atoms with Gasteiger partial charge in [-0.15, -0.1) is 0 Å². The number of nitrogens with two attached hydrogens (primary N) is 1. The molecule has 0 bridgehead atoms. The number of thiazole rings is 1. The van der Waals surface area contributed by atoms with Crippen LogP contribution in [0.3, 0.4) is 0 Å². The molecule has 0 aliphatic carbocycles. The summed E-state index contributed by atoms with van der Waals surface area (Å²) in [7, 11) is -3.38. The van der Waals surface area contributed by atoms with E-state index in [0.29, 0.717) is 11.3 Å². The molecule has 4 nitrogen and oxygen atoms in total. The average molecular weight is 286 g/mol. The molecule has 96 valence electrons. The Bertz CT molecular complexity index is 663. The number of rotatable bonds is 3. The van der Waals surface area contributed by atoms with Crippen LogP contribution in [0.15, 0.2) is 28.5 Å². The number of nitrogens with zero attached hydrogens (tertiary/aromatic N) is 1. The Hall–Kier alpha value is -1.47. The number of benzene rings is 1. The molecule has 0 spiro atoms. The average Bonchev–Trinajstić information content (AvgIpc) is 2.73. The van der Waals surface area contributed by atoms with E-state index < -0.39 is 9.84 Å². The van der Waals surface area contributed by atoms with Gasteiger partial charge >= 0.3 is 0 Å². The van der Waals surface area contributed by atoms with Gasteiger partial charge in [0.05, 0.1) is 5.75 Å². The van der Waals surface area contributed by atoms with Crippen molar-refractivity contribution in [3.8, 4) is 11.3 Å². The molecule has 1 aromatic heterocycles.